The SMILES string of the molecule is COCc1cccc(NC(=O)C(CCSC)NS(=O)(=O)c2ccc(C)cc2)c1. The number of hydrogen-bond donors (Lipinski definition) is 2. The molecule has 1 unspecified atom stereocenters. The Morgan fingerprint density at radius 1 is 1.18 bits per heavy atom. The normalized spacial score (nSPS) is 12.5. The molecule has 2 aromatic carbocycles. The molecular formula is C20H26N2O4S2. The number of sulfonamides is 1. The summed E-state index contributed by atoms with van der Waals surface area (Å²) in [5.74, 6) is 0.261. The molecule has 0 aromatic heterocycles. The first-order chi connectivity index (χ1) is 13.4. The molecule has 0 fully saturated rings. The Kier molecular flexibility index (Phi) is 8.50. The molecule has 8 heteroatoms. The van der Waals surface area contributed by atoms with Gasteiger partial charge in [-0.15, -0.1) is 0 Å². The van der Waals surface area contributed by atoms with Crippen molar-refractivity contribution in [2.75, 3.05) is 24.4 Å². The molecule has 0 heterocycles. The maximum absolute atomic E-state index is 12.8. The predicted octanol–water partition coefficient (Wildman–Crippen LogP) is 3.18. The highest BCUT2D eigenvalue weighted by Gasteiger charge is 2.25. The summed E-state index contributed by atoms with van der Waals surface area (Å²) < 4.78 is 33.0. The number of carbonyl (C=O) groups is 1. The lowest BCUT2D eigenvalue weighted by molar-refractivity contribution is -0.117. The van der Waals surface area contributed by atoms with Crippen LogP contribution in [0.1, 0.15) is 17.5 Å². The fourth-order valence-electron chi connectivity index (χ4n) is 2.59. The van der Waals surface area contributed by atoms with Gasteiger partial charge in [-0.25, -0.2) is 8.42 Å². The lowest BCUT2D eigenvalue weighted by Crippen LogP contribution is -2.44. The van der Waals surface area contributed by atoms with Crippen LogP contribution in [0.2, 0.25) is 0 Å². The van der Waals surface area contributed by atoms with Crippen molar-refractivity contribution in [1.29, 1.82) is 0 Å². The van der Waals surface area contributed by atoms with Crippen LogP contribution in [0.15, 0.2) is 53.4 Å². The van der Waals surface area contributed by atoms with Gasteiger partial charge in [0, 0.05) is 12.8 Å². The number of benzene rings is 2. The number of thioether (sulfide) groups is 1. The van der Waals surface area contributed by atoms with Crippen LogP contribution in [-0.4, -0.2) is 39.5 Å². The minimum atomic E-state index is -3.80. The molecule has 152 valence electrons. The van der Waals surface area contributed by atoms with Gasteiger partial charge in [0.1, 0.15) is 6.04 Å². The van der Waals surface area contributed by atoms with E-state index in [0.29, 0.717) is 24.5 Å². The molecule has 1 atom stereocenters. The number of anilines is 1. The Labute approximate surface area is 171 Å². The molecule has 2 N–H and O–H groups in total. The third kappa shape index (κ3) is 6.63. The van der Waals surface area contributed by atoms with Gasteiger partial charge in [-0.3, -0.25) is 4.79 Å². The zero-order valence-corrected chi connectivity index (χ0v) is 17.9. The molecule has 0 spiro atoms. The molecule has 2 aromatic rings. The molecule has 0 saturated heterocycles. The molecule has 0 aliphatic heterocycles. The van der Waals surface area contributed by atoms with E-state index in [1.54, 1.807) is 37.1 Å². The van der Waals surface area contributed by atoms with Crippen LogP contribution >= 0.6 is 11.8 Å². The summed E-state index contributed by atoms with van der Waals surface area (Å²) in [7, 11) is -2.20. The minimum absolute atomic E-state index is 0.141. The number of carbonyl (C=O) groups excluding carboxylic acids is 1. The topological polar surface area (TPSA) is 84.5 Å². The summed E-state index contributed by atoms with van der Waals surface area (Å²) in [5, 5.41) is 2.80. The van der Waals surface area contributed by atoms with Crippen molar-refractivity contribution in [3.63, 3.8) is 0 Å². The first-order valence-electron chi connectivity index (χ1n) is 8.82. The van der Waals surface area contributed by atoms with Crippen LogP contribution in [0.4, 0.5) is 5.69 Å². The quantitative estimate of drug-likeness (QED) is 0.614. The highest BCUT2D eigenvalue weighted by molar-refractivity contribution is 7.98. The second-order valence-electron chi connectivity index (χ2n) is 6.39. The van der Waals surface area contributed by atoms with Gasteiger partial charge in [-0.2, -0.15) is 16.5 Å². The number of aryl methyl sites for hydroxylation is 1. The van der Waals surface area contributed by atoms with Crippen LogP contribution in [0, 0.1) is 6.92 Å². The molecule has 0 aliphatic carbocycles. The second-order valence-corrected chi connectivity index (χ2v) is 9.09. The van der Waals surface area contributed by atoms with Crippen molar-refractivity contribution in [2.45, 2.75) is 30.9 Å². The number of rotatable bonds is 10. The van der Waals surface area contributed by atoms with E-state index in [1.807, 2.05) is 31.4 Å². The molecule has 1 amide bonds. The zero-order chi connectivity index (χ0) is 20.6. The van der Waals surface area contributed by atoms with Gasteiger partial charge in [0.2, 0.25) is 15.9 Å². The van der Waals surface area contributed by atoms with Crippen molar-refractivity contribution in [3.05, 3.63) is 59.7 Å². The zero-order valence-electron chi connectivity index (χ0n) is 16.3. The highest BCUT2D eigenvalue weighted by Crippen LogP contribution is 2.15. The Morgan fingerprint density at radius 2 is 1.89 bits per heavy atom. The van der Waals surface area contributed by atoms with Crippen molar-refractivity contribution in [1.82, 2.24) is 4.72 Å². The maximum Gasteiger partial charge on any atom is 0.242 e. The summed E-state index contributed by atoms with van der Waals surface area (Å²) in [4.78, 5) is 12.9. The molecule has 0 aliphatic rings. The third-order valence-corrected chi connectivity index (χ3v) is 6.19. The van der Waals surface area contributed by atoms with Crippen LogP contribution < -0.4 is 10.0 Å². The van der Waals surface area contributed by atoms with Crippen molar-refractivity contribution >= 4 is 33.4 Å². The van der Waals surface area contributed by atoms with E-state index in [-0.39, 0.29) is 10.8 Å². The first kappa shape index (κ1) is 22.4. The fraction of sp³-hybridized carbons (Fsp3) is 0.350. The molecule has 2 rings (SSSR count). The second kappa shape index (κ2) is 10.6. The van der Waals surface area contributed by atoms with Crippen LogP contribution in [-0.2, 0) is 26.2 Å². The molecule has 0 radical (unpaired) electrons. The van der Waals surface area contributed by atoms with E-state index in [0.717, 1.165) is 11.1 Å². The Bertz CT molecular complexity index is 883. The highest BCUT2D eigenvalue weighted by atomic mass is 32.2. The van der Waals surface area contributed by atoms with Gasteiger partial charge in [0.05, 0.1) is 11.5 Å². The number of ether oxygens (including phenoxy) is 1. The first-order valence-corrected chi connectivity index (χ1v) is 11.7. The van der Waals surface area contributed by atoms with Gasteiger partial charge in [-0.1, -0.05) is 29.8 Å². The van der Waals surface area contributed by atoms with E-state index in [4.69, 9.17) is 4.74 Å². The van der Waals surface area contributed by atoms with Crippen LogP contribution in [0.25, 0.3) is 0 Å². The number of nitrogens with one attached hydrogen (secondary N) is 2. The summed E-state index contributed by atoms with van der Waals surface area (Å²) in [6.07, 6.45) is 2.30. The van der Waals surface area contributed by atoms with Crippen molar-refractivity contribution in [3.8, 4) is 0 Å². The van der Waals surface area contributed by atoms with Gasteiger partial charge < -0.3 is 10.1 Å². The Balaban J connectivity index is 2.16. The van der Waals surface area contributed by atoms with E-state index in [9.17, 15) is 13.2 Å². The monoisotopic (exact) mass is 422 g/mol. The average molecular weight is 423 g/mol. The predicted molar refractivity (Wildman–Crippen MR) is 114 cm³/mol. The summed E-state index contributed by atoms with van der Waals surface area (Å²) in [5.41, 5.74) is 2.48. The minimum Gasteiger partial charge on any atom is -0.380 e. The molecular weight excluding hydrogens is 396 g/mol. The summed E-state index contributed by atoms with van der Waals surface area (Å²) >= 11 is 1.56. The standard InChI is InChI=1S/C20H26N2O4S2/c1-15-7-9-18(10-8-15)28(24,25)22-19(11-12-27-3)20(23)21-17-6-4-5-16(13-17)14-26-2/h4-10,13,19,22H,11-12,14H2,1-3H3,(H,21,23). The van der Waals surface area contributed by atoms with Crippen LogP contribution in [0.5, 0.6) is 0 Å². The summed E-state index contributed by atoms with van der Waals surface area (Å²) in [6, 6.07) is 12.9. The van der Waals surface area contributed by atoms with Gasteiger partial charge in [0.15, 0.2) is 0 Å². The van der Waals surface area contributed by atoms with Crippen molar-refractivity contribution in [2.24, 2.45) is 0 Å². The average Bonchev–Trinajstić information content (AvgIpc) is 2.66. The lowest BCUT2D eigenvalue weighted by atomic mass is 10.2. The third-order valence-electron chi connectivity index (χ3n) is 4.06. The van der Waals surface area contributed by atoms with Gasteiger partial charge in [0.25, 0.3) is 0 Å². The molecule has 6 nitrogen and oxygen atoms in total. The lowest BCUT2D eigenvalue weighted by Gasteiger charge is -2.18. The number of amides is 1. The Hall–Kier alpha value is -1.87. The van der Waals surface area contributed by atoms with E-state index < -0.39 is 16.1 Å². The maximum atomic E-state index is 12.8. The fourth-order valence-corrected chi connectivity index (χ4v) is 4.29. The number of methoxy groups -OCH3 is 1. The molecule has 0 saturated carbocycles. The van der Waals surface area contributed by atoms with Gasteiger partial charge in [-0.05, 0) is 55.2 Å². The van der Waals surface area contributed by atoms with Crippen LogP contribution in [0.3, 0.4) is 0 Å². The smallest absolute Gasteiger partial charge is 0.242 e. The van der Waals surface area contributed by atoms with E-state index >= 15 is 0 Å². The Morgan fingerprint density at radius 3 is 2.54 bits per heavy atom. The molecule has 28 heavy (non-hydrogen) atoms. The van der Waals surface area contributed by atoms with Crippen molar-refractivity contribution < 1.29 is 17.9 Å². The summed E-state index contributed by atoms with van der Waals surface area (Å²) in [6.45, 7) is 2.32. The van der Waals surface area contributed by atoms with E-state index in [2.05, 4.69) is 10.0 Å². The number of hydrogen-bond acceptors (Lipinski definition) is 5. The van der Waals surface area contributed by atoms with Gasteiger partial charge >= 0.3 is 0 Å². The molecule has 0 bridgehead atoms. The van der Waals surface area contributed by atoms with E-state index in [1.165, 1.54) is 12.1 Å². The largest absolute Gasteiger partial charge is 0.380 e.